The minimum absolute atomic E-state index is 0.102. The fourth-order valence-electron chi connectivity index (χ4n) is 2.48. The summed E-state index contributed by atoms with van der Waals surface area (Å²) in [4.78, 5) is 16.7. The molecule has 0 bridgehead atoms. The van der Waals surface area contributed by atoms with Crippen molar-refractivity contribution in [3.8, 4) is 0 Å². The summed E-state index contributed by atoms with van der Waals surface area (Å²) in [6.07, 6.45) is 0. The van der Waals surface area contributed by atoms with E-state index in [1.54, 1.807) is 0 Å². The lowest BCUT2D eigenvalue weighted by atomic mass is 10.2. The van der Waals surface area contributed by atoms with Gasteiger partial charge in [0.1, 0.15) is 0 Å². The molecule has 4 rings (SSSR count). The third-order valence-electron chi connectivity index (χ3n) is 3.81. The Labute approximate surface area is 174 Å². The number of aromatic nitrogens is 3. The van der Waals surface area contributed by atoms with Crippen LogP contribution in [-0.4, -0.2) is 26.8 Å². The number of fused-ring (bicyclic) bond motifs is 1. The van der Waals surface area contributed by atoms with Crippen LogP contribution in [0.5, 0.6) is 0 Å². The molecule has 0 aliphatic rings. The third-order valence-corrected chi connectivity index (χ3v) is 6.76. The highest BCUT2D eigenvalue weighted by atomic mass is 32.2. The lowest BCUT2D eigenvalue weighted by Crippen LogP contribution is -2.13. The molecule has 9 heteroatoms. The van der Waals surface area contributed by atoms with Gasteiger partial charge in [-0.25, -0.2) is 4.98 Å². The quantitative estimate of drug-likeness (QED) is 0.413. The minimum atomic E-state index is -0.102. The van der Waals surface area contributed by atoms with Crippen molar-refractivity contribution in [3.63, 3.8) is 0 Å². The number of benzene rings is 2. The molecule has 0 fully saturated rings. The zero-order valence-electron chi connectivity index (χ0n) is 15.0. The van der Waals surface area contributed by atoms with Gasteiger partial charge in [0.15, 0.2) is 9.47 Å². The molecule has 0 radical (unpaired) electrons. The number of thioether (sulfide) groups is 1. The van der Waals surface area contributed by atoms with Crippen LogP contribution < -0.4 is 10.6 Å². The van der Waals surface area contributed by atoms with Crippen LogP contribution in [0.25, 0.3) is 10.2 Å². The normalized spacial score (nSPS) is 10.9. The van der Waals surface area contributed by atoms with Crippen LogP contribution in [0, 0.1) is 6.92 Å². The van der Waals surface area contributed by atoms with Crippen molar-refractivity contribution < 1.29 is 4.79 Å². The first-order valence-corrected chi connectivity index (χ1v) is 11.2. The molecule has 0 aliphatic heterocycles. The van der Waals surface area contributed by atoms with Gasteiger partial charge in [-0.3, -0.25) is 4.79 Å². The Kier molecular flexibility index (Phi) is 5.84. The maximum atomic E-state index is 12.2. The van der Waals surface area contributed by atoms with E-state index in [4.69, 9.17) is 0 Å². The summed E-state index contributed by atoms with van der Waals surface area (Å²) in [5, 5.41) is 15.7. The van der Waals surface area contributed by atoms with Crippen LogP contribution in [0.2, 0.25) is 0 Å². The summed E-state index contributed by atoms with van der Waals surface area (Å²) >= 11 is 4.29. The molecule has 0 aliphatic carbocycles. The van der Waals surface area contributed by atoms with E-state index in [0.29, 0.717) is 11.7 Å². The number of amides is 1. The van der Waals surface area contributed by atoms with Crippen molar-refractivity contribution in [2.24, 2.45) is 0 Å². The Morgan fingerprint density at radius 1 is 1.07 bits per heavy atom. The van der Waals surface area contributed by atoms with Gasteiger partial charge in [0, 0.05) is 6.54 Å². The number of rotatable bonds is 7. The predicted molar refractivity (Wildman–Crippen MR) is 117 cm³/mol. The molecule has 0 saturated carbocycles. The Hall–Kier alpha value is -2.49. The van der Waals surface area contributed by atoms with Crippen molar-refractivity contribution in [2.75, 3.05) is 16.4 Å². The molecule has 6 nitrogen and oxygen atoms in total. The Morgan fingerprint density at radius 2 is 1.93 bits per heavy atom. The summed E-state index contributed by atoms with van der Waals surface area (Å²) in [7, 11) is 0. The predicted octanol–water partition coefficient (Wildman–Crippen LogP) is 4.80. The van der Waals surface area contributed by atoms with Gasteiger partial charge < -0.3 is 10.6 Å². The summed E-state index contributed by atoms with van der Waals surface area (Å²) < 4.78 is 1.83. The highest BCUT2D eigenvalue weighted by molar-refractivity contribution is 8.01. The lowest BCUT2D eigenvalue weighted by Gasteiger charge is -2.01. The zero-order valence-corrected chi connectivity index (χ0v) is 17.5. The number of nitrogens with one attached hydrogen (secondary N) is 2. The Morgan fingerprint density at radius 3 is 2.79 bits per heavy atom. The van der Waals surface area contributed by atoms with Crippen LogP contribution >= 0.6 is 34.4 Å². The second-order valence-corrected chi connectivity index (χ2v) is 9.27. The number of nitrogens with zero attached hydrogens (tertiary/aromatic N) is 3. The van der Waals surface area contributed by atoms with Gasteiger partial charge >= 0.3 is 0 Å². The number of hydrogen-bond acceptors (Lipinski definition) is 8. The Balaban J connectivity index is 1.28. The van der Waals surface area contributed by atoms with Crippen molar-refractivity contribution in [1.82, 2.24) is 15.2 Å². The van der Waals surface area contributed by atoms with Gasteiger partial charge in [0.05, 0.1) is 16.0 Å². The van der Waals surface area contributed by atoms with Crippen molar-refractivity contribution in [1.29, 1.82) is 0 Å². The number of carbonyl (C=O) groups excluding carboxylic acids is 1. The number of hydrogen-bond donors (Lipinski definition) is 2. The van der Waals surface area contributed by atoms with Gasteiger partial charge in [-0.1, -0.05) is 70.8 Å². The number of carbonyl (C=O) groups is 1. The Bertz CT molecular complexity index is 1090. The van der Waals surface area contributed by atoms with Gasteiger partial charge in [0.2, 0.25) is 11.0 Å². The zero-order chi connectivity index (χ0) is 19.3. The second kappa shape index (κ2) is 8.68. The second-order valence-electron chi connectivity index (χ2n) is 6.04. The van der Waals surface area contributed by atoms with Crippen molar-refractivity contribution in [3.05, 3.63) is 59.7 Å². The van der Waals surface area contributed by atoms with Crippen LogP contribution in [0.1, 0.15) is 11.1 Å². The lowest BCUT2D eigenvalue weighted by molar-refractivity contribution is -0.113. The number of anilines is 2. The fourth-order valence-corrected chi connectivity index (χ4v) is 5.01. The molecule has 2 N–H and O–H groups in total. The molecule has 0 atom stereocenters. The van der Waals surface area contributed by atoms with Crippen LogP contribution in [0.3, 0.4) is 0 Å². The highest BCUT2D eigenvalue weighted by Crippen LogP contribution is 2.28. The van der Waals surface area contributed by atoms with Gasteiger partial charge in [0.25, 0.3) is 0 Å². The molecule has 2 heterocycles. The average Bonchev–Trinajstić information content (AvgIpc) is 3.31. The smallest absolute Gasteiger partial charge is 0.236 e. The van der Waals surface area contributed by atoms with E-state index in [1.807, 2.05) is 37.3 Å². The first-order valence-electron chi connectivity index (χ1n) is 8.57. The van der Waals surface area contributed by atoms with E-state index in [0.717, 1.165) is 19.7 Å². The molecular formula is C19H17N5OS3. The maximum absolute atomic E-state index is 12.2. The van der Waals surface area contributed by atoms with Gasteiger partial charge in [-0.15, -0.1) is 10.2 Å². The third kappa shape index (κ3) is 4.86. The van der Waals surface area contributed by atoms with E-state index in [1.165, 1.54) is 45.6 Å². The van der Waals surface area contributed by atoms with Crippen LogP contribution in [0.4, 0.5) is 10.3 Å². The standard InChI is InChI=1S/C19H17N5OS3/c1-12-7-8-14-15(9-12)27-18(21-14)22-16(25)11-26-19-24-23-17(28-19)20-10-13-5-3-2-4-6-13/h2-9H,10-11H2,1H3,(H,20,23)(H,21,22,25). The summed E-state index contributed by atoms with van der Waals surface area (Å²) in [6, 6.07) is 16.2. The molecule has 4 aromatic rings. The van der Waals surface area contributed by atoms with Gasteiger partial charge in [-0.05, 0) is 30.2 Å². The number of aryl methyl sites for hydroxylation is 1. The molecule has 2 aromatic heterocycles. The SMILES string of the molecule is Cc1ccc2nc(NC(=O)CSc3nnc(NCc4ccccc4)s3)sc2c1. The molecule has 0 unspecified atom stereocenters. The molecular weight excluding hydrogens is 410 g/mol. The largest absolute Gasteiger partial charge is 0.356 e. The average molecular weight is 428 g/mol. The first kappa shape index (κ1) is 18.9. The highest BCUT2D eigenvalue weighted by Gasteiger charge is 2.11. The van der Waals surface area contributed by atoms with Crippen molar-refractivity contribution >= 4 is 60.8 Å². The summed E-state index contributed by atoms with van der Waals surface area (Å²) in [6.45, 7) is 2.73. The van der Waals surface area contributed by atoms with E-state index in [9.17, 15) is 4.79 Å². The monoisotopic (exact) mass is 427 g/mol. The van der Waals surface area contributed by atoms with E-state index in [2.05, 4.69) is 44.0 Å². The van der Waals surface area contributed by atoms with E-state index < -0.39 is 0 Å². The molecule has 142 valence electrons. The fraction of sp³-hybridized carbons (Fsp3) is 0.158. The minimum Gasteiger partial charge on any atom is -0.356 e. The summed E-state index contributed by atoms with van der Waals surface area (Å²) in [5.41, 5.74) is 3.26. The van der Waals surface area contributed by atoms with E-state index in [-0.39, 0.29) is 11.7 Å². The van der Waals surface area contributed by atoms with Crippen molar-refractivity contribution in [2.45, 2.75) is 17.8 Å². The van der Waals surface area contributed by atoms with Crippen LogP contribution in [0.15, 0.2) is 52.9 Å². The molecule has 0 spiro atoms. The number of thiazole rings is 1. The van der Waals surface area contributed by atoms with Crippen LogP contribution in [-0.2, 0) is 11.3 Å². The summed E-state index contributed by atoms with van der Waals surface area (Å²) in [5.74, 6) is 0.164. The topological polar surface area (TPSA) is 79.8 Å². The molecule has 28 heavy (non-hydrogen) atoms. The van der Waals surface area contributed by atoms with Gasteiger partial charge in [-0.2, -0.15) is 0 Å². The van der Waals surface area contributed by atoms with E-state index >= 15 is 0 Å². The molecule has 0 saturated heterocycles. The molecule has 1 amide bonds. The molecule has 2 aromatic carbocycles. The first-order chi connectivity index (χ1) is 13.7. The maximum Gasteiger partial charge on any atom is 0.236 e.